The molecule has 5 aromatic rings. The number of sulfonamides is 1. The second-order valence-electron chi connectivity index (χ2n) is 16.7. The van der Waals surface area contributed by atoms with E-state index in [1.807, 2.05) is 26.8 Å². The predicted molar refractivity (Wildman–Crippen MR) is 230 cm³/mol. The summed E-state index contributed by atoms with van der Waals surface area (Å²) in [5.74, 6) is -2.46. The van der Waals surface area contributed by atoms with E-state index in [1.165, 1.54) is 16.0 Å². The number of rotatable bonds is 13. The van der Waals surface area contributed by atoms with Crippen molar-refractivity contribution in [2.45, 2.75) is 58.1 Å². The molecule has 0 unspecified atom stereocenters. The van der Waals surface area contributed by atoms with Crippen LogP contribution in [0.1, 0.15) is 50.9 Å². The molecule has 2 amide bonds. The Labute approximate surface area is 359 Å². The number of hydrogen-bond acceptors (Lipinski definition) is 12. The van der Waals surface area contributed by atoms with Gasteiger partial charge in [0.1, 0.15) is 23.8 Å². The van der Waals surface area contributed by atoms with Gasteiger partial charge in [-0.1, -0.05) is 30.0 Å². The van der Waals surface area contributed by atoms with E-state index in [4.69, 9.17) is 14.7 Å². The Bertz CT molecular complexity index is 2660. The number of nitrogens with one attached hydrogen (secondary N) is 2. The lowest BCUT2D eigenvalue weighted by Crippen LogP contribution is -2.61. The third kappa shape index (κ3) is 9.62. The number of likely N-dealkylation sites (tertiary alicyclic amines) is 1. The van der Waals surface area contributed by atoms with Gasteiger partial charge in [0.05, 0.1) is 33.9 Å². The highest BCUT2D eigenvalue weighted by Crippen LogP contribution is 2.46. The van der Waals surface area contributed by atoms with Crippen LogP contribution in [0.4, 0.5) is 33.3 Å². The molecule has 2 fully saturated rings. The zero-order valence-corrected chi connectivity index (χ0v) is 36.3. The molecule has 5 heterocycles. The van der Waals surface area contributed by atoms with E-state index < -0.39 is 57.9 Å². The quantitative estimate of drug-likeness (QED) is 0.0727. The fourth-order valence-corrected chi connectivity index (χ4v) is 9.35. The Morgan fingerprint density at radius 3 is 2.35 bits per heavy atom. The summed E-state index contributed by atoms with van der Waals surface area (Å²) >= 11 is 1.39. The minimum Gasteiger partial charge on any atom is -0.444 e. The number of ether oxygens (including phenoxy) is 1. The second-order valence-corrected chi connectivity index (χ2v) is 19.5. The highest BCUT2D eigenvalue weighted by Gasteiger charge is 2.47. The van der Waals surface area contributed by atoms with Crippen LogP contribution in [0.3, 0.4) is 0 Å². The topological polar surface area (TPSA) is 167 Å². The Morgan fingerprint density at radius 2 is 1.74 bits per heavy atom. The first kappa shape index (κ1) is 44.2. The summed E-state index contributed by atoms with van der Waals surface area (Å²) in [6.45, 7) is 13.9. The van der Waals surface area contributed by atoms with E-state index in [0.717, 1.165) is 31.2 Å². The van der Waals surface area contributed by atoms with Crippen molar-refractivity contribution < 1.29 is 40.3 Å². The standard InChI is InChI=1S/C41H46F4N10O5S2/c1-23(35(44)45)55(46-5)20-32(56)47-30(17-24-15-25(42)18-26(43)16-24)33-29(27-9-8-10-28-34(27)52(6)50-36(28)51-62(7,58)59)19-31-37(48-33)49-38(61-31)54-21-41(22-54)11-13-53(14-12-41)39(57)60-40(2,3)4/h8-10,15-16,18-19,30,35H,1,5,11-14,17,20-22H2,2-4,6-7H3,(H,47,56)(H,50,51)/t30-/m0/s1. The molecule has 2 aliphatic heterocycles. The number of carbonyl (C=O) groups is 2. The molecule has 0 aliphatic carbocycles. The van der Waals surface area contributed by atoms with E-state index in [0.29, 0.717) is 74.8 Å². The molecule has 0 saturated carbocycles. The van der Waals surface area contributed by atoms with Crippen molar-refractivity contribution in [1.82, 2.24) is 35.0 Å². The first-order valence-electron chi connectivity index (χ1n) is 19.5. The molecular weight excluding hydrogens is 853 g/mol. The summed E-state index contributed by atoms with van der Waals surface area (Å²) in [6.07, 6.45) is -1.00. The maximum atomic E-state index is 14.6. The minimum atomic E-state index is -3.74. The maximum absolute atomic E-state index is 14.6. The molecule has 15 nitrogen and oxygen atoms in total. The highest BCUT2D eigenvalue weighted by molar-refractivity contribution is 7.92. The van der Waals surface area contributed by atoms with Crippen molar-refractivity contribution in [3.8, 4) is 11.1 Å². The number of piperidine rings is 1. The number of pyridine rings is 1. The number of aryl methyl sites for hydroxylation is 1. The number of hydrazone groups is 1. The van der Waals surface area contributed by atoms with Gasteiger partial charge >= 0.3 is 6.09 Å². The maximum Gasteiger partial charge on any atom is 0.410 e. The average Bonchev–Trinajstić information content (AvgIpc) is 3.72. The molecule has 0 radical (unpaired) electrons. The lowest BCUT2D eigenvalue weighted by Gasteiger charge is -2.53. The SMILES string of the molecule is C=NN(CC(=O)N[C@@H](Cc1cc(F)cc(F)c1)c1nc2nc(N3CC4(CCN(C(=O)OC(C)(C)C)CC4)C3)sc2cc1-c1cccc2c(NS(C)(=O)=O)nn(C)c12)C(=C)C(F)F. The molecule has 2 aliphatic rings. The van der Waals surface area contributed by atoms with Gasteiger partial charge in [-0.3, -0.25) is 19.2 Å². The molecule has 1 spiro atoms. The van der Waals surface area contributed by atoms with E-state index in [1.54, 1.807) is 30.1 Å². The van der Waals surface area contributed by atoms with Crippen molar-refractivity contribution in [3.05, 3.63) is 77.6 Å². The Kier molecular flexibility index (Phi) is 12.0. The Hall–Kier alpha value is -5.83. The highest BCUT2D eigenvalue weighted by atomic mass is 32.2. The number of halogens is 4. The molecule has 21 heteroatoms. The van der Waals surface area contributed by atoms with Crippen LogP contribution in [-0.2, 0) is 33.0 Å². The number of hydrogen-bond donors (Lipinski definition) is 2. The van der Waals surface area contributed by atoms with Crippen molar-refractivity contribution >= 4 is 72.3 Å². The van der Waals surface area contributed by atoms with Gasteiger partial charge in [0.25, 0.3) is 6.43 Å². The van der Waals surface area contributed by atoms with Crippen molar-refractivity contribution in [3.63, 3.8) is 0 Å². The number of thiazole rings is 1. The summed E-state index contributed by atoms with van der Waals surface area (Å²) in [4.78, 5) is 40.3. The molecular formula is C41H46F4N10O5S2. The van der Waals surface area contributed by atoms with Crippen LogP contribution in [0.15, 0.2) is 59.8 Å². The van der Waals surface area contributed by atoms with E-state index in [2.05, 4.69) is 38.4 Å². The zero-order chi connectivity index (χ0) is 44.9. The van der Waals surface area contributed by atoms with Gasteiger partial charge in [-0.2, -0.15) is 15.2 Å². The lowest BCUT2D eigenvalue weighted by molar-refractivity contribution is -0.122. The number of aromatic nitrogens is 4. The summed E-state index contributed by atoms with van der Waals surface area (Å²) in [7, 11) is -2.10. The fraction of sp³-hybridized carbons (Fsp3) is 0.415. The van der Waals surface area contributed by atoms with Crippen molar-refractivity contribution in [2.75, 3.05) is 48.6 Å². The van der Waals surface area contributed by atoms with Crippen LogP contribution in [0.25, 0.3) is 32.4 Å². The van der Waals surface area contributed by atoms with E-state index >= 15 is 0 Å². The monoisotopic (exact) mass is 898 g/mol. The number of fused-ring (bicyclic) bond motifs is 2. The molecule has 62 heavy (non-hydrogen) atoms. The van der Waals surface area contributed by atoms with Gasteiger partial charge in [0.2, 0.25) is 15.9 Å². The number of allylic oxidation sites excluding steroid dienone is 1. The van der Waals surface area contributed by atoms with Crippen LogP contribution in [-0.4, -0.2) is 108 Å². The molecule has 7 rings (SSSR count). The van der Waals surface area contributed by atoms with Crippen LogP contribution < -0.4 is 14.9 Å². The van der Waals surface area contributed by atoms with Gasteiger partial charge in [-0.05, 0) is 69.9 Å². The van der Waals surface area contributed by atoms with Crippen LogP contribution in [0.2, 0.25) is 0 Å². The van der Waals surface area contributed by atoms with Gasteiger partial charge in [-0.15, -0.1) is 0 Å². The van der Waals surface area contributed by atoms with Crippen LogP contribution in [0, 0.1) is 17.0 Å². The number of nitrogens with zero attached hydrogens (tertiary/aromatic N) is 8. The number of alkyl halides is 2. The molecule has 2 aromatic carbocycles. The smallest absolute Gasteiger partial charge is 0.410 e. The largest absolute Gasteiger partial charge is 0.444 e. The summed E-state index contributed by atoms with van der Waals surface area (Å²) in [5.41, 5.74) is 0.738. The predicted octanol–water partition coefficient (Wildman–Crippen LogP) is 6.83. The normalized spacial score (nSPS) is 15.8. The number of carbonyl (C=O) groups excluding carboxylic acids is 2. The Morgan fingerprint density at radius 1 is 1.06 bits per heavy atom. The number of anilines is 2. The van der Waals surface area contributed by atoms with Crippen molar-refractivity contribution in [1.29, 1.82) is 0 Å². The number of amides is 2. The first-order chi connectivity index (χ1) is 29.1. The van der Waals surface area contributed by atoms with Gasteiger partial charge in [-0.25, -0.2) is 35.8 Å². The van der Waals surface area contributed by atoms with Crippen molar-refractivity contribution in [2.24, 2.45) is 17.6 Å². The third-order valence-corrected chi connectivity index (χ3v) is 12.3. The van der Waals surface area contributed by atoms with Gasteiger partial charge in [0, 0.05) is 67.9 Å². The molecule has 2 saturated heterocycles. The summed E-state index contributed by atoms with van der Waals surface area (Å²) < 4.78 is 91.3. The molecule has 2 N–H and O–H groups in total. The second kappa shape index (κ2) is 16.8. The van der Waals surface area contributed by atoms with E-state index in [-0.39, 0.29) is 35.0 Å². The minimum absolute atomic E-state index is 0.0214. The Balaban J connectivity index is 1.30. The number of para-hydroxylation sites is 1. The number of benzene rings is 2. The fourth-order valence-electron chi connectivity index (χ4n) is 7.90. The summed E-state index contributed by atoms with van der Waals surface area (Å²) in [5, 5.41) is 12.6. The lowest BCUT2D eigenvalue weighted by atomic mass is 9.72. The van der Waals surface area contributed by atoms with Gasteiger partial charge in [0.15, 0.2) is 16.6 Å². The zero-order valence-electron chi connectivity index (χ0n) is 34.7. The molecule has 330 valence electrons. The van der Waals surface area contributed by atoms with Crippen LogP contribution in [0.5, 0.6) is 0 Å². The molecule has 0 bridgehead atoms. The summed E-state index contributed by atoms with van der Waals surface area (Å²) in [6, 6.07) is 8.77. The van der Waals surface area contributed by atoms with Gasteiger partial charge < -0.3 is 19.9 Å². The molecule has 1 atom stereocenters. The average molecular weight is 899 g/mol. The molecule has 3 aromatic heterocycles. The third-order valence-electron chi connectivity index (χ3n) is 10.7. The first-order valence-corrected chi connectivity index (χ1v) is 22.3. The van der Waals surface area contributed by atoms with Crippen LogP contribution >= 0.6 is 11.3 Å². The van der Waals surface area contributed by atoms with E-state index in [9.17, 15) is 35.6 Å².